The molecular formula is C35H28SSi. The number of hydrogen-bond donors (Lipinski definition) is 0. The van der Waals surface area contributed by atoms with Crippen molar-refractivity contribution in [2.24, 2.45) is 0 Å². The summed E-state index contributed by atoms with van der Waals surface area (Å²) in [5.74, 6) is 0. The van der Waals surface area contributed by atoms with Gasteiger partial charge in [0.15, 0.2) is 8.07 Å². The lowest BCUT2D eigenvalue weighted by Crippen LogP contribution is -2.74. The molecule has 0 unspecified atom stereocenters. The Bertz CT molecular complexity index is 1490. The van der Waals surface area contributed by atoms with Crippen LogP contribution >= 0.6 is 11.3 Å². The van der Waals surface area contributed by atoms with Crippen molar-refractivity contribution in [3.8, 4) is 22.3 Å². The van der Waals surface area contributed by atoms with Crippen LogP contribution < -0.4 is 20.1 Å². The van der Waals surface area contributed by atoms with Crippen molar-refractivity contribution in [2.75, 3.05) is 0 Å². The molecule has 0 N–H and O–H groups in total. The second-order valence-corrected chi connectivity index (χ2v) is 14.6. The highest BCUT2D eigenvalue weighted by atomic mass is 32.1. The summed E-state index contributed by atoms with van der Waals surface area (Å²) in [5, 5.41) is 4.22. The SMILES string of the molecule is Cc1sc([Si](c2ccccc2)(c2ccccc2)c2ccccc2)c(-c2ccccc2)c1-c1ccccc1. The summed E-state index contributed by atoms with van der Waals surface area (Å²) >= 11 is 1.98. The Balaban J connectivity index is 1.81. The molecule has 0 spiro atoms. The van der Waals surface area contributed by atoms with E-state index in [0.717, 1.165) is 0 Å². The molecule has 5 aromatic carbocycles. The van der Waals surface area contributed by atoms with Crippen LogP contribution in [-0.2, 0) is 0 Å². The van der Waals surface area contributed by atoms with Gasteiger partial charge >= 0.3 is 0 Å². The highest BCUT2D eigenvalue weighted by molar-refractivity contribution is 7.37. The summed E-state index contributed by atoms with van der Waals surface area (Å²) in [6.45, 7) is 2.29. The molecule has 6 aromatic rings. The molecule has 0 fully saturated rings. The second-order valence-electron chi connectivity index (χ2n) is 9.32. The van der Waals surface area contributed by atoms with E-state index in [1.165, 1.54) is 47.2 Å². The van der Waals surface area contributed by atoms with Crippen LogP contribution in [0.5, 0.6) is 0 Å². The minimum absolute atomic E-state index is 1.28. The fourth-order valence-electron chi connectivity index (χ4n) is 5.60. The Morgan fingerprint density at radius 2 is 0.730 bits per heavy atom. The lowest BCUT2D eigenvalue weighted by molar-refractivity contribution is 1.57. The lowest BCUT2D eigenvalue weighted by Gasteiger charge is -2.34. The highest BCUT2D eigenvalue weighted by Gasteiger charge is 2.45. The largest absolute Gasteiger partial charge is 0.191 e. The van der Waals surface area contributed by atoms with Crippen molar-refractivity contribution in [3.63, 3.8) is 0 Å². The zero-order valence-electron chi connectivity index (χ0n) is 20.8. The number of hydrogen-bond acceptors (Lipinski definition) is 1. The molecule has 0 nitrogen and oxygen atoms in total. The molecule has 2 heteroatoms. The van der Waals surface area contributed by atoms with Crippen molar-refractivity contribution >= 4 is 39.5 Å². The van der Waals surface area contributed by atoms with Gasteiger partial charge in [-0.15, -0.1) is 11.3 Å². The molecule has 6 rings (SSSR count). The molecule has 0 aliphatic carbocycles. The third kappa shape index (κ3) is 4.09. The van der Waals surface area contributed by atoms with Crippen molar-refractivity contribution in [1.82, 2.24) is 0 Å². The Morgan fingerprint density at radius 3 is 1.11 bits per heavy atom. The van der Waals surface area contributed by atoms with Crippen molar-refractivity contribution in [2.45, 2.75) is 6.92 Å². The van der Waals surface area contributed by atoms with Crippen molar-refractivity contribution < 1.29 is 0 Å². The molecule has 0 amide bonds. The first kappa shape index (κ1) is 23.4. The molecule has 0 bridgehead atoms. The van der Waals surface area contributed by atoms with Crippen molar-refractivity contribution in [1.29, 1.82) is 0 Å². The first-order chi connectivity index (χ1) is 18.3. The fourth-order valence-corrected chi connectivity index (χ4v) is 13.2. The Morgan fingerprint density at radius 1 is 0.405 bits per heavy atom. The quantitative estimate of drug-likeness (QED) is 0.172. The molecule has 0 radical (unpaired) electrons. The molecule has 37 heavy (non-hydrogen) atoms. The fraction of sp³-hybridized carbons (Fsp3) is 0.0286. The van der Waals surface area contributed by atoms with Gasteiger partial charge in [0.1, 0.15) is 0 Å². The first-order valence-corrected chi connectivity index (χ1v) is 15.5. The topological polar surface area (TPSA) is 0 Å². The first-order valence-electron chi connectivity index (χ1n) is 12.7. The summed E-state index contributed by atoms with van der Waals surface area (Å²) in [7, 11) is -2.65. The average Bonchev–Trinajstić information content (AvgIpc) is 3.33. The molecule has 1 aromatic heterocycles. The highest BCUT2D eigenvalue weighted by Crippen LogP contribution is 2.39. The van der Waals surface area contributed by atoms with Gasteiger partial charge < -0.3 is 0 Å². The summed E-state index contributed by atoms with van der Waals surface area (Å²) in [5.41, 5.74) is 5.28. The standard InChI is InChI=1S/C35H28SSi/c1-27-33(28-17-7-2-8-18-28)34(29-19-9-3-10-20-29)35(36-27)37(30-21-11-4-12-22-30,31-23-13-5-14-24-31)32-25-15-6-16-26-32/h2-26H,1H3. The molecule has 178 valence electrons. The zero-order chi connectivity index (χ0) is 25.1. The zero-order valence-corrected chi connectivity index (χ0v) is 22.7. The molecule has 1 heterocycles. The summed E-state index contributed by atoms with van der Waals surface area (Å²) in [4.78, 5) is 1.36. The van der Waals surface area contributed by atoms with E-state index in [1.807, 2.05) is 11.3 Å². The third-order valence-corrected chi connectivity index (χ3v) is 13.8. The van der Waals surface area contributed by atoms with Gasteiger partial charge in [-0.3, -0.25) is 0 Å². The van der Waals surface area contributed by atoms with Crippen LogP contribution in [0.25, 0.3) is 22.3 Å². The van der Waals surface area contributed by atoms with Gasteiger partial charge in [-0.05, 0) is 33.6 Å². The molecule has 0 saturated heterocycles. The van der Waals surface area contributed by atoms with E-state index in [2.05, 4.69) is 159 Å². The van der Waals surface area contributed by atoms with Crippen LogP contribution in [0.3, 0.4) is 0 Å². The molecule has 0 aliphatic heterocycles. The minimum Gasteiger partial charge on any atom is -0.148 e. The van der Waals surface area contributed by atoms with Crippen LogP contribution in [-0.4, -0.2) is 8.07 Å². The van der Waals surface area contributed by atoms with E-state index in [1.54, 1.807) is 0 Å². The minimum atomic E-state index is -2.65. The van der Waals surface area contributed by atoms with Crippen LogP contribution in [0.1, 0.15) is 4.88 Å². The maximum Gasteiger partial charge on any atom is 0.191 e. The normalized spacial score (nSPS) is 11.4. The van der Waals surface area contributed by atoms with Gasteiger partial charge in [0.2, 0.25) is 0 Å². The van der Waals surface area contributed by atoms with Crippen LogP contribution in [0, 0.1) is 6.92 Å². The van der Waals surface area contributed by atoms with Crippen LogP contribution in [0.2, 0.25) is 0 Å². The van der Waals surface area contributed by atoms with Gasteiger partial charge in [-0.25, -0.2) is 0 Å². The van der Waals surface area contributed by atoms with Crippen LogP contribution in [0.15, 0.2) is 152 Å². The van der Waals surface area contributed by atoms with Gasteiger partial charge in [0, 0.05) is 20.5 Å². The Labute approximate surface area is 224 Å². The average molecular weight is 509 g/mol. The monoisotopic (exact) mass is 508 g/mol. The van der Waals surface area contributed by atoms with E-state index in [-0.39, 0.29) is 0 Å². The van der Waals surface area contributed by atoms with Gasteiger partial charge in [-0.2, -0.15) is 0 Å². The molecule has 0 atom stereocenters. The third-order valence-electron chi connectivity index (χ3n) is 7.17. The summed E-state index contributed by atoms with van der Waals surface area (Å²) in [6, 6.07) is 55.6. The van der Waals surface area contributed by atoms with E-state index < -0.39 is 8.07 Å². The number of rotatable bonds is 6. The maximum absolute atomic E-state index is 2.65. The molecule has 0 aliphatic rings. The van der Waals surface area contributed by atoms with E-state index in [0.29, 0.717) is 0 Å². The maximum atomic E-state index is 2.35. The predicted octanol–water partition coefficient (Wildman–Crippen LogP) is 6.77. The lowest BCUT2D eigenvalue weighted by atomic mass is 9.97. The van der Waals surface area contributed by atoms with E-state index in [4.69, 9.17) is 0 Å². The molecule has 0 saturated carbocycles. The molecular weight excluding hydrogens is 481 g/mol. The predicted molar refractivity (Wildman–Crippen MR) is 164 cm³/mol. The van der Waals surface area contributed by atoms with Gasteiger partial charge in [-0.1, -0.05) is 152 Å². The second kappa shape index (κ2) is 10.2. The summed E-state index contributed by atoms with van der Waals surface area (Å²) < 4.78 is 1.48. The Kier molecular flexibility index (Phi) is 6.44. The number of thiophene rings is 1. The smallest absolute Gasteiger partial charge is 0.148 e. The summed E-state index contributed by atoms with van der Waals surface area (Å²) in [6.07, 6.45) is 0. The number of aryl methyl sites for hydroxylation is 1. The van der Waals surface area contributed by atoms with Crippen molar-refractivity contribution in [3.05, 3.63) is 157 Å². The number of benzene rings is 5. The van der Waals surface area contributed by atoms with Gasteiger partial charge in [0.25, 0.3) is 0 Å². The Hall–Kier alpha value is -3.98. The van der Waals surface area contributed by atoms with E-state index >= 15 is 0 Å². The van der Waals surface area contributed by atoms with Gasteiger partial charge in [0.05, 0.1) is 0 Å². The van der Waals surface area contributed by atoms with E-state index in [9.17, 15) is 0 Å². The van der Waals surface area contributed by atoms with Crippen LogP contribution in [0.4, 0.5) is 0 Å².